The van der Waals surface area contributed by atoms with Crippen molar-refractivity contribution in [3.63, 3.8) is 0 Å². The van der Waals surface area contributed by atoms with E-state index in [-0.39, 0.29) is 0 Å². The van der Waals surface area contributed by atoms with Crippen molar-refractivity contribution in [2.24, 2.45) is 0 Å². The number of nitrogen functional groups attached to an aromatic ring is 1. The van der Waals surface area contributed by atoms with Crippen molar-refractivity contribution in [2.75, 3.05) is 17.7 Å². The molecule has 2 N–H and O–H groups in total. The Balaban J connectivity index is 2.20. The van der Waals surface area contributed by atoms with Crippen LogP contribution >= 0.6 is 15.9 Å². The fourth-order valence-corrected chi connectivity index (χ4v) is 2.03. The third-order valence-electron chi connectivity index (χ3n) is 2.35. The number of aromatic nitrogens is 2. The first-order chi connectivity index (χ1) is 8.08. The van der Waals surface area contributed by atoms with Gasteiger partial charge in [0.15, 0.2) is 0 Å². The Kier molecular flexibility index (Phi) is 3.33. The molecule has 0 aliphatic heterocycles. The molecule has 0 fully saturated rings. The highest BCUT2D eigenvalue weighted by Crippen LogP contribution is 2.27. The van der Waals surface area contributed by atoms with E-state index >= 15 is 0 Å². The lowest BCUT2D eigenvalue weighted by Gasteiger charge is -2.18. The molecule has 5 nitrogen and oxygen atoms in total. The lowest BCUT2D eigenvalue weighted by molar-refractivity contribution is 0.481. The fraction of sp³-hybridized carbons (Fsp3) is 0.273. The third-order valence-corrected chi connectivity index (χ3v) is 3.11. The molecule has 0 aliphatic rings. The van der Waals surface area contributed by atoms with Gasteiger partial charge in [-0.05, 0) is 35.0 Å². The Morgan fingerprint density at radius 1 is 1.41 bits per heavy atom. The van der Waals surface area contributed by atoms with Crippen LogP contribution in [0.5, 0.6) is 0 Å². The van der Waals surface area contributed by atoms with Gasteiger partial charge in [0, 0.05) is 7.05 Å². The molecule has 0 amide bonds. The number of hydrogen-bond acceptors (Lipinski definition) is 5. The quantitative estimate of drug-likeness (QED) is 0.942. The van der Waals surface area contributed by atoms with Crippen LogP contribution in [-0.2, 0) is 6.54 Å². The number of rotatable bonds is 3. The number of anilines is 2. The molecular formula is C11H13BrN4O. The van der Waals surface area contributed by atoms with Gasteiger partial charge in [0.05, 0.1) is 6.54 Å². The Labute approximate surface area is 108 Å². The summed E-state index contributed by atoms with van der Waals surface area (Å²) in [6, 6.07) is 3.89. The van der Waals surface area contributed by atoms with Crippen molar-refractivity contribution in [1.82, 2.24) is 9.97 Å². The smallest absolute Gasteiger partial charge is 0.148 e. The van der Waals surface area contributed by atoms with Crippen molar-refractivity contribution in [1.29, 1.82) is 0 Å². The maximum Gasteiger partial charge on any atom is 0.148 e. The number of halogens is 1. The standard InChI is InChI=1S/C11H13BrN4O/c1-7-3-4-8(17-7)5-16(2)11-9(12)10(13)14-6-15-11/h3-4,6H,5H2,1-2H3,(H2,13,14,15). The maximum atomic E-state index is 5.71. The van der Waals surface area contributed by atoms with Crippen molar-refractivity contribution in [3.05, 3.63) is 34.5 Å². The van der Waals surface area contributed by atoms with E-state index in [4.69, 9.17) is 10.2 Å². The minimum Gasteiger partial charge on any atom is -0.464 e. The third kappa shape index (κ3) is 2.58. The first kappa shape index (κ1) is 11.9. The molecule has 0 unspecified atom stereocenters. The van der Waals surface area contributed by atoms with Crippen LogP contribution in [0.25, 0.3) is 0 Å². The zero-order valence-electron chi connectivity index (χ0n) is 9.64. The van der Waals surface area contributed by atoms with Gasteiger partial charge >= 0.3 is 0 Å². The second-order valence-corrected chi connectivity index (χ2v) is 4.56. The monoisotopic (exact) mass is 296 g/mol. The fourth-order valence-electron chi connectivity index (χ4n) is 1.52. The van der Waals surface area contributed by atoms with Gasteiger partial charge < -0.3 is 15.1 Å². The number of aryl methyl sites for hydroxylation is 1. The lowest BCUT2D eigenvalue weighted by Crippen LogP contribution is -2.18. The topological polar surface area (TPSA) is 68.2 Å². The predicted octanol–water partition coefficient (Wildman–Crippen LogP) is 2.36. The van der Waals surface area contributed by atoms with Crippen LogP contribution in [-0.4, -0.2) is 17.0 Å². The molecule has 17 heavy (non-hydrogen) atoms. The summed E-state index contributed by atoms with van der Waals surface area (Å²) in [7, 11) is 1.92. The highest BCUT2D eigenvalue weighted by atomic mass is 79.9. The van der Waals surface area contributed by atoms with Crippen LogP contribution in [0.15, 0.2) is 27.3 Å². The average molecular weight is 297 g/mol. The van der Waals surface area contributed by atoms with Gasteiger partial charge in [-0.3, -0.25) is 0 Å². The zero-order valence-corrected chi connectivity index (χ0v) is 11.2. The highest BCUT2D eigenvalue weighted by molar-refractivity contribution is 9.10. The Morgan fingerprint density at radius 2 is 2.18 bits per heavy atom. The molecule has 0 radical (unpaired) electrons. The summed E-state index contributed by atoms with van der Waals surface area (Å²) >= 11 is 3.38. The molecule has 0 saturated heterocycles. The van der Waals surface area contributed by atoms with Gasteiger partial charge in [0.2, 0.25) is 0 Å². The van der Waals surface area contributed by atoms with E-state index in [0.717, 1.165) is 17.3 Å². The Hall–Kier alpha value is -1.56. The molecule has 0 spiro atoms. The van der Waals surface area contributed by atoms with Crippen molar-refractivity contribution >= 4 is 27.6 Å². The molecule has 2 aromatic heterocycles. The lowest BCUT2D eigenvalue weighted by atomic mass is 10.4. The van der Waals surface area contributed by atoms with Gasteiger partial charge in [-0.2, -0.15) is 0 Å². The summed E-state index contributed by atoms with van der Waals surface area (Å²) in [6.07, 6.45) is 1.44. The zero-order chi connectivity index (χ0) is 12.4. The second kappa shape index (κ2) is 4.75. The summed E-state index contributed by atoms with van der Waals surface area (Å²) in [6.45, 7) is 2.55. The van der Waals surface area contributed by atoms with Crippen LogP contribution in [0, 0.1) is 6.92 Å². The van der Waals surface area contributed by atoms with Crippen LogP contribution in [0.3, 0.4) is 0 Å². The second-order valence-electron chi connectivity index (χ2n) is 3.76. The van der Waals surface area contributed by atoms with Crippen LogP contribution < -0.4 is 10.6 Å². The van der Waals surface area contributed by atoms with E-state index in [1.807, 2.05) is 31.0 Å². The van der Waals surface area contributed by atoms with E-state index < -0.39 is 0 Å². The first-order valence-electron chi connectivity index (χ1n) is 5.10. The van der Waals surface area contributed by atoms with Gasteiger partial charge in [-0.1, -0.05) is 0 Å². The molecule has 2 rings (SSSR count). The van der Waals surface area contributed by atoms with Gasteiger partial charge in [-0.25, -0.2) is 9.97 Å². The Morgan fingerprint density at radius 3 is 2.82 bits per heavy atom. The van der Waals surface area contributed by atoms with E-state index in [1.165, 1.54) is 6.33 Å². The molecule has 0 aliphatic carbocycles. The molecule has 2 aromatic rings. The summed E-state index contributed by atoms with van der Waals surface area (Å²) in [5, 5.41) is 0. The summed E-state index contributed by atoms with van der Waals surface area (Å²) in [4.78, 5) is 10.0. The maximum absolute atomic E-state index is 5.71. The molecule has 2 heterocycles. The summed E-state index contributed by atoms with van der Waals surface area (Å²) < 4.78 is 6.21. The number of furan rings is 1. The van der Waals surface area contributed by atoms with Crippen LogP contribution in [0.4, 0.5) is 11.6 Å². The first-order valence-corrected chi connectivity index (χ1v) is 5.89. The number of nitrogens with two attached hydrogens (primary N) is 1. The largest absolute Gasteiger partial charge is 0.464 e. The van der Waals surface area contributed by atoms with Crippen molar-refractivity contribution in [2.45, 2.75) is 13.5 Å². The van der Waals surface area contributed by atoms with E-state index in [9.17, 15) is 0 Å². The molecule has 0 atom stereocenters. The highest BCUT2D eigenvalue weighted by Gasteiger charge is 2.12. The molecule has 0 bridgehead atoms. The van der Waals surface area contributed by atoms with Crippen molar-refractivity contribution < 1.29 is 4.42 Å². The molecule has 0 aromatic carbocycles. The predicted molar refractivity (Wildman–Crippen MR) is 69.7 cm³/mol. The van der Waals surface area contributed by atoms with Crippen LogP contribution in [0.2, 0.25) is 0 Å². The molecule has 6 heteroatoms. The molecular weight excluding hydrogens is 284 g/mol. The summed E-state index contributed by atoms with van der Waals surface area (Å²) in [5.41, 5.74) is 5.71. The summed E-state index contributed by atoms with van der Waals surface area (Å²) in [5.74, 6) is 2.95. The van der Waals surface area contributed by atoms with E-state index in [2.05, 4.69) is 25.9 Å². The van der Waals surface area contributed by atoms with Gasteiger partial charge in [0.1, 0.15) is 34.0 Å². The van der Waals surface area contributed by atoms with E-state index in [0.29, 0.717) is 16.8 Å². The number of nitrogens with zero attached hydrogens (tertiary/aromatic N) is 3. The van der Waals surface area contributed by atoms with Crippen molar-refractivity contribution in [3.8, 4) is 0 Å². The van der Waals surface area contributed by atoms with E-state index in [1.54, 1.807) is 0 Å². The minimum absolute atomic E-state index is 0.428. The normalized spacial score (nSPS) is 10.5. The van der Waals surface area contributed by atoms with Gasteiger partial charge in [-0.15, -0.1) is 0 Å². The molecule has 90 valence electrons. The Bertz CT molecular complexity index is 526. The number of hydrogen-bond donors (Lipinski definition) is 1. The molecule has 0 saturated carbocycles. The minimum atomic E-state index is 0.428. The van der Waals surface area contributed by atoms with Crippen LogP contribution in [0.1, 0.15) is 11.5 Å². The average Bonchev–Trinajstić information content (AvgIpc) is 2.68. The SMILES string of the molecule is Cc1ccc(CN(C)c2ncnc(N)c2Br)o1. The van der Waals surface area contributed by atoms with Gasteiger partial charge in [0.25, 0.3) is 0 Å².